The molecule has 3 amide bonds. The van der Waals surface area contributed by atoms with E-state index in [0.29, 0.717) is 35.2 Å². The summed E-state index contributed by atoms with van der Waals surface area (Å²) in [5, 5.41) is 0.739. The highest BCUT2D eigenvalue weighted by Crippen LogP contribution is 2.37. The summed E-state index contributed by atoms with van der Waals surface area (Å²) in [6.45, 7) is 2.91. The van der Waals surface area contributed by atoms with Gasteiger partial charge in [-0.1, -0.05) is 57.7 Å². The molecule has 30 heavy (non-hydrogen) atoms. The summed E-state index contributed by atoms with van der Waals surface area (Å²) < 4.78 is 0.957. The average Bonchev–Trinajstić information content (AvgIpc) is 2.86. The first-order valence-corrected chi connectivity index (χ1v) is 11.4. The van der Waals surface area contributed by atoms with E-state index < -0.39 is 5.54 Å². The number of carbonyl (C=O) groups excluding carboxylic acids is 2. The van der Waals surface area contributed by atoms with Crippen molar-refractivity contribution in [3.8, 4) is 0 Å². The predicted octanol–water partition coefficient (Wildman–Crippen LogP) is 5.65. The minimum absolute atomic E-state index is 0.285. The zero-order chi connectivity index (χ0) is 21.9. The second-order valence-corrected chi connectivity index (χ2v) is 9.42. The molecule has 0 aromatic heterocycles. The molecule has 0 saturated carbocycles. The van der Waals surface area contributed by atoms with E-state index in [1.165, 1.54) is 4.90 Å². The first-order chi connectivity index (χ1) is 14.3. The minimum atomic E-state index is -1.01. The van der Waals surface area contributed by atoms with E-state index in [1.54, 1.807) is 23.1 Å². The summed E-state index contributed by atoms with van der Waals surface area (Å²) in [4.78, 5) is 29.8. The Labute approximate surface area is 195 Å². The van der Waals surface area contributed by atoms with Crippen LogP contribution in [0.2, 0.25) is 10.0 Å². The van der Waals surface area contributed by atoms with Gasteiger partial charge in [-0.05, 0) is 62.2 Å². The fourth-order valence-electron chi connectivity index (χ4n) is 3.78. The van der Waals surface area contributed by atoms with Gasteiger partial charge >= 0.3 is 6.03 Å². The fraction of sp³-hybridized carbons (Fsp3) is 0.364. The van der Waals surface area contributed by atoms with Crippen LogP contribution in [0.5, 0.6) is 0 Å². The third kappa shape index (κ3) is 4.83. The summed E-state index contributed by atoms with van der Waals surface area (Å²) >= 11 is 15.7. The third-order valence-corrected chi connectivity index (χ3v) is 6.30. The normalized spacial score (nSPS) is 19.1. The Morgan fingerprint density at radius 2 is 1.63 bits per heavy atom. The number of halogens is 3. The second kappa shape index (κ2) is 9.69. The Morgan fingerprint density at radius 3 is 2.23 bits per heavy atom. The second-order valence-electron chi connectivity index (χ2n) is 7.63. The summed E-state index contributed by atoms with van der Waals surface area (Å²) in [6, 6.07) is 12.2. The van der Waals surface area contributed by atoms with Crippen molar-refractivity contribution in [2.45, 2.75) is 38.1 Å². The smallest absolute Gasteiger partial charge is 0.330 e. The maximum atomic E-state index is 13.6. The van der Waals surface area contributed by atoms with Crippen LogP contribution in [0.3, 0.4) is 0 Å². The maximum Gasteiger partial charge on any atom is 0.332 e. The Hall–Kier alpha value is -1.60. The standard InChI is InChI=1S/C22H24BrCl2N3O2/c1-22(14-15-5-7-16(23)8-6-15)20(29)28(19-12-17(24)11-18(25)13-19)21(30)27(22)10-4-2-3-9-26/h5-8,11-13H,2-4,9-10,14,26H2,1H3/t22-/m1/s1. The lowest BCUT2D eigenvalue weighted by molar-refractivity contribution is -0.124. The van der Waals surface area contributed by atoms with Gasteiger partial charge in [0.05, 0.1) is 5.69 Å². The molecule has 0 radical (unpaired) electrons. The lowest BCUT2D eigenvalue weighted by atomic mass is 9.91. The molecule has 1 heterocycles. The zero-order valence-electron chi connectivity index (χ0n) is 16.7. The largest absolute Gasteiger partial charge is 0.332 e. The molecule has 1 saturated heterocycles. The van der Waals surface area contributed by atoms with Crippen molar-refractivity contribution in [3.05, 3.63) is 62.5 Å². The SMILES string of the molecule is C[C@@]1(Cc2ccc(Br)cc2)C(=O)N(c2cc(Cl)cc(Cl)c2)C(=O)N1CCCCCN. The van der Waals surface area contributed by atoms with Gasteiger partial charge in [-0.25, -0.2) is 9.69 Å². The lowest BCUT2D eigenvalue weighted by Gasteiger charge is -2.32. The molecule has 1 aliphatic heterocycles. The number of benzene rings is 2. The van der Waals surface area contributed by atoms with Crippen molar-refractivity contribution in [3.63, 3.8) is 0 Å². The van der Waals surface area contributed by atoms with Gasteiger partial charge in [0.1, 0.15) is 5.54 Å². The zero-order valence-corrected chi connectivity index (χ0v) is 19.8. The highest BCUT2D eigenvalue weighted by Gasteiger charge is 2.54. The molecule has 8 heteroatoms. The monoisotopic (exact) mass is 511 g/mol. The Kier molecular flexibility index (Phi) is 7.45. The quantitative estimate of drug-likeness (QED) is 0.366. The number of carbonyl (C=O) groups is 2. The van der Waals surface area contributed by atoms with Crippen LogP contribution in [0.1, 0.15) is 31.7 Å². The molecular formula is C22H24BrCl2N3O2. The highest BCUT2D eigenvalue weighted by molar-refractivity contribution is 9.10. The molecule has 160 valence electrons. The molecular weight excluding hydrogens is 489 g/mol. The number of amides is 3. The highest BCUT2D eigenvalue weighted by atomic mass is 79.9. The van der Waals surface area contributed by atoms with Gasteiger partial charge in [-0.2, -0.15) is 0 Å². The third-order valence-electron chi connectivity index (χ3n) is 5.33. The molecule has 0 spiro atoms. The Morgan fingerprint density at radius 1 is 1.00 bits per heavy atom. The molecule has 1 fully saturated rings. The van der Waals surface area contributed by atoms with Gasteiger partial charge in [0.2, 0.25) is 0 Å². The van der Waals surface area contributed by atoms with Crippen molar-refractivity contribution in [1.29, 1.82) is 0 Å². The molecule has 3 rings (SSSR count). The fourth-order valence-corrected chi connectivity index (χ4v) is 4.55. The van der Waals surface area contributed by atoms with E-state index in [0.717, 1.165) is 29.3 Å². The first-order valence-electron chi connectivity index (χ1n) is 9.83. The average molecular weight is 513 g/mol. The van der Waals surface area contributed by atoms with Gasteiger partial charge in [0.25, 0.3) is 5.91 Å². The molecule has 0 bridgehead atoms. The molecule has 2 N–H and O–H groups in total. The number of nitrogens with zero attached hydrogens (tertiary/aromatic N) is 2. The molecule has 2 aromatic carbocycles. The topological polar surface area (TPSA) is 66.6 Å². The van der Waals surface area contributed by atoms with E-state index in [1.807, 2.05) is 31.2 Å². The van der Waals surface area contributed by atoms with E-state index in [9.17, 15) is 9.59 Å². The van der Waals surface area contributed by atoms with Gasteiger partial charge < -0.3 is 10.6 Å². The van der Waals surface area contributed by atoms with Crippen LogP contribution < -0.4 is 10.6 Å². The summed E-state index contributed by atoms with van der Waals surface area (Å²) in [5.41, 5.74) is 5.94. The number of unbranched alkanes of at least 4 members (excludes halogenated alkanes) is 2. The number of hydrogen-bond acceptors (Lipinski definition) is 3. The molecule has 2 aromatic rings. The molecule has 1 atom stereocenters. The van der Waals surface area contributed by atoms with Gasteiger partial charge in [-0.15, -0.1) is 0 Å². The molecule has 1 aliphatic rings. The van der Waals surface area contributed by atoms with E-state index in [-0.39, 0.29) is 11.9 Å². The Bertz CT molecular complexity index is 918. The maximum absolute atomic E-state index is 13.6. The number of nitrogens with two attached hydrogens (primary N) is 1. The molecule has 0 unspecified atom stereocenters. The molecule has 5 nitrogen and oxygen atoms in total. The van der Waals surface area contributed by atoms with E-state index >= 15 is 0 Å². The number of rotatable bonds is 8. The summed E-state index contributed by atoms with van der Waals surface area (Å²) in [6.07, 6.45) is 2.96. The van der Waals surface area contributed by atoms with Crippen molar-refractivity contribution in [1.82, 2.24) is 4.90 Å². The van der Waals surface area contributed by atoms with Crippen LogP contribution in [0.15, 0.2) is 46.9 Å². The van der Waals surface area contributed by atoms with Crippen LogP contribution >= 0.6 is 39.1 Å². The lowest BCUT2D eigenvalue weighted by Crippen LogP contribution is -2.49. The predicted molar refractivity (Wildman–Crippen MR) is 125 cm³/mol. The van der Waals surface area contributed by atoms with Gasteiger partial charge in [0, 0.05) is 27.5 Å². The number of anilines is 1. The number of urea groups is 1. The van der Waals surface area contributed by atoms with Crippen LogP contribution in [0, 0.1) is 0 Å². The summed E-state index contributed by atoms with van der Waals surface area (Å²) in [5.74, 6) is -0.285. The first kappa shape index (κ1) is 23.1. The number of hydrogen-bond donors (Lipinski definition) is 1. The van der Waals surface area contributed by atoms with Gasteiger partial charge in [0.15, 0.2) is 0 Å². The van der Waals surface area contributed by atoms with Gasteiger partial charge in [-0.3, -0.25) is 4.79 Å². The van der Waals surface area contributed by atoms with Crippen molar-refractivity contribution < 1.29 is 9.59 Å². The molecule has 0 aliphatic carbocycles. The van der Waals surface area contributed by atoms with Crippen molar-refractivity contribution in [2.24, 2.45) is 5.73 Å². The van der Waals surface area contributed by atoms with Crippen LogP contribution in [0.25, 0.3) is 0 Å². The van der Waals surface area contributed by atoms with E-state index in [4.69, 9.17) is 28.9 Å². The van der Waals surface area contributed by atoms with Crippen LogP contribution in [0.4, 0.5) is 10.5 Å². The van der Waals surface area contributed by atoms with Crippen molar-refractivity contribution in [2.75, 3.05) is 18.0 Å². The van der Waals surface area contributed by atoms with Crippen LogP contribution in [-0.4, -0.2) is 35.5 Å². The summed E-state index contributed by atoms with van der Waals surface area (Å²) in [7, 11) is 0. The number of imide groups is 1. The minimum Gasteiger partial charge on any atom is -0.330 e. The van der Waals surface area contributed by atoms with E-state index in [2.05, 4.69) is 15.9 Å². The van der Waals surface area contributed by atoms with Crippen LogP contribution in [-0.2, 0) is 11.2 Å². The Balaban J connectivity index is 1.96. The van der Waals surface area contributed by atoms with Crippen molar-refractivity contribution >= 4 is 56.8 Å².